The zero-order valence-electron chi connectivity index (χ0n) is 4.24. The molecule has 0 saturated carbocycles. The van der Waals surface area contributed by atoms with Gasteiger partial charge in [0.2, 0.25) is 0 Å². The fourth-order valence-corrected chi connectivity index (χ4v) is 0.438. The maximum absolute atomic E-state index is 10.4. The van der Waals surface area contributed by atoms with E-state index >= 15 is 0 Å². The third-order valence-electron chi connectivity index (χ3n) is 0.830. The van der Waals surface area contributed by atoms with E-state index in [9.17, 15) is 4.79 Å². The van der Waals surface area contributed by atoms with Gasteiger partial charge in [0.05, 0.1) is 6.20 Å². The van der Waals surface area contributed by atoms with Crippen LogP contribution in [0.1, 0.15) is 0 Å². The van der Waals surface area contributed by atoms with Gasteiger partial charge in [-0.15, -0.1) is 0 Å². The van der Waals surface area contributed by atoms with Gasteiger partial charge in [0, 0.05) is 0 Å². The molecule has 0 atom stereocenters. The summed E-state index contributed by atoms with van der Waals surface area (Å²) >= 11 is 0. The van der Waals surface area contributed by atoms with Crippen LogP contribution in [0.3, 0.4) is 0 Å². The lowest BCUT2D eigenvalue weighted by Gasteiger charge is -1.77. The Balaban J connectivity index is 2.88. The van der Waals surface area contributed by atoms with E-state index in [2.05, 4.69) is 11.6 Å². The normalized spacial score (nSPS) is 16.5. The molecule has 0 bridgehead atoms. The molecular formula is C5H5N2O+. The number of rotatable bonds is 1. The first-order valence-corrected chi connectivity index (χ1v) is 2.17. The van der Waals surface area contributed by atoms with Crippen LogP contribution in [0.15, 0.2) is 17.8 Å². The van der Waals surface area contributed by atoms with E-state index in [0.717, 1.165) is 0 Å². The predicted octanol–water partition coefficient (Wildman–Crippen LogP) is 0.418. The van der Waals surface area contributed by atoms with Crippen LogP contribution in [0.25, 0.3) is 0 Å². The highest BCUT2D eigenvalue weighted by atomic mass is 16.2. The van der Waals surface area contributed by atoms with Crippen LogP contribution in [0, 0.1) is 0 Å². The molecule has 3 nitrogen and oxygen atoms in total. The summed E-state index contributed by atoms with van der Waals surface area (Å²) in [4.78, 5) is 13.9. The molecule has 1 aliphatic rings. The lowest BCUT2D eigenvalue weighted by atomic mass is 10.8. The van der Waals surface area contributed by atoms with Crippen LogP contribution < -0.4 is 0 Å². The number of hydrogen-bond acceptors (Lipinski definition) is 1. The maximum Gasteiger partial charge on any atom is 0.544 e. The van der Waals surface area contributed by atoms with Crippen molar-refractivity contribution in [2.45, 2.75) is 0 Å². The highest BCUT2D eigenvalue weighted by Crippen LogP contribution is 1.86. The van der Waals surface area contributed by atoms with Crippen LogP contribution in [0.2, 0.25) is 0 Å². The van der Waals surface area contributed by atoms with Crippen LogP contribution >= 0.6 is 0 Å². The first kappa shape index (κ1) is 4.90. The monoisotopic (exact) mass is 109 g/mol. The van der Waals surface area contributed by atoms with E-state index in [-0.39, 0.29) is 6.03 Å². The van der Waals surface area contributed by atoms with Gasteiger partial charge in [0.25, 0.3) is 0 Å². The Morgan fingerprint density at radius 2 is 2.62 bits per heavy atom. The smallest absolute Gasteiger partial charge is 0.192 e. The number of urea groups is 1. The Hall–Kier alpha value is -1.25. The summed E-state index contributed by atoms with van der Waals surface area (Å²) in [6, 6.07) is -0.278. The molecule has 8 heavy (non-hydrogen) atoms. The van der Waals surface area contributed by atoms with E-state index in [1.165, 1.54) is 17.0 Å². The summed E-state index contributed by atoms with van der Waals surface area (Å²) in [5.74, 6) is 0. The zero-order valence-corrected chi connectivity index (χ0v) is 4.24. The first-order valence-electron chi connectivity index (χ1n) is 2.17. The number of aliphatic imine (C=N–C) groups is 1. The van der Waals surface area contributed by atoms with Crippen molar-refractivity contribution in [3.63, 3.8) is 0 Å². The topological polar surface area (TPSA) is 32.4 Å². The largest absolute Gasteiger partial charge is 0.544 e. The molecular weight excluding hydrogens is 104 g/mol. The summed E-state index contributed by atoms with van der Waals surface area (Å²) in [6.07, 6.45) is 4.40. The Morgan fingerprint density at radius 1 is 1.88 bits per heavy atom. The average Bonchev–Trinajstić information content (AvgIpc) is 2.14. The van der Waals surface area contributed by atoms with Crippen molar-refractivity contribution < 1.29 is 9.37 Å². The van der Waals surface area contributed by atoms with Crippen LogP contribution in [0.4, 0.5) is 4.79 Å². The Bertz CT molecular complexity index is 191. The molecule has 3 heteroatoms. The molecule has 0 saturated heterocycles. The van der Waals surface area contributed by atoms with Crippen LogP contribution in [0.5, 0.6) is 0 Å². The molecule has 2 amide bonds. The lowest BCUT2D eigenvalue weighted by molar-refractivity contribution is -0.335. The second-order valence-electron chi connectivity index (χ2n) is 1.30. The highest BCUT2D eigenvalue weighted by molar-refractivity contribution is 6.20. The average molecular weight is 109 g/mol. The number of hydrogen-bond donors (Lipinski definition) is 0. The Labute approximate surface area is 46.7 Å². The minimum absolute atomic E-state index is 0.278. The van der Waals surface area contributed by atoms with E-state index < -0.39 is 0 Å². The van der Waals surface area contributed by atoms with E-state index in [4.69, 9.17) is 0 Å². The lowest BCUT2D eigenvalue weighted by Crippen LogP contribution is -2.04. The van der Waals surface area contributed by atoms with Gasteiger partial charge >= 0.3 is 6.03 Å². The third kappa shape index (κ3) is 0.578. The quantitative estimate of drug-likeness (QED) is 0.449. The molecule has 0 spiro atoms. The number of carbonyl (C=O) groups is 1. The predicted molar refractivity (Wildman–Crippen MR) is 30.4 cm³/mol. The summed E-state index contributed by atoms with van der Waals surface area (Å²) in [5.41, 5.74) is 0. The van der Waals surface area contributed by atoms with E-state index in [1.807, 2.05) is 0 Å². The summed E-state index contributed by atoms with van der Waals surface area (Å²) in [7, 11) is 0. The summed E-state index contributed by atoms with van der Waals surface area (Å²) in [5, 5.41) is 0. The molecule has 0 unspecified atom stereocenters. The summed E-state index contributed by atoms with van der Waals surface area (Å²) < 4.78 is 1.31. The molecule has 0 fully saturated rings. The molecule has 1 rings (SSSR count). The number of nitrogens with zero attached hydrogens (tertiary/aromatic N) is 2. The fourth-order valence-electron chi connectivity index (χ4n) is 0.438. The fraction of sp³-hybridized carbons (Fsp3) is 0. The molecule has 0 aromatic heterocycles. The molecule has 0 aliphatic carbocycles. The van der Waals surface area contributed by atoms with Crippen molar-refractivity contribution in [1.82, 2.24) is 0 Å². The van der Waals surface area contributed by atoms with Gasteiger partial charge in [-0.1, -0.05) is 6.58 Å². The Morgan fingerprint density at radius 3 is 2.88 bits per heavy atom. The van der Waals surface area contributed by atoms with Gasteiger partial charge in [-0.25, -0.2) is 0 Å². The van der Waals surface area contributed by atoms with Crippen molar-refractivity contribution in [2.75, 3.05) is 0 Å². The number of carbonyl (C=O) groups excluding carboxylic acids is 1. The van der Waals surface area contributed by atoms with Crippen molar-refractivity contribution in [3.05, 3.63) is 12.8 Å². The molecule has 0 aromatic carbocycles. The van der Waals surface area contributed by atoms with Gasteiger partial charge in [-0.2, -0.15) is 9.37 Å². The van der Waals surface area contributed by atoms with Crippen LogP contribution in [-0.2, 0) is 0 Å². The standard InChI is InChI=1S/C5H5N2O/c1-2-7-4-3-6-5(7)8/h2-4H,1H2/q+1. The second kappa shape index (κ2) is 1.69. The molecule has 0 aromatic rings. The molecule has 1 heterocycles. The SMILES string of the molecule is C=C[N+]1=CC=NC1=O. The van der Waals surface area contributed by atoms with Crippen molar-refractivity contribution in [2.24, 2.45) is 4.99 Å². The van der Waals surface area contributed by atoms with Gasteiger partial charge in [-0.05, 0) is 4.99 Å². The minimum Gasteiger partial charge on any atom is -0.192 e. The molecule has 40 valence electrons. The minimum atomic E-state index is -0.278. The highest BCUT2D eigenvalue weighted by Gasteiger charge is 2.15. The van der Waals surface area contributed by atoms with Crippen molar-refractivity contribution in [3.8, 4) is 0 Å². The van der Waals surface area contributed by atoms with E-state index in [0.29, 0.717) is 0 Å². The summed E-state index contributed by atoms with van der Waals surface area (Å²) in [6.45, 7) is 3.39. The number of amides is 2. The second-order valence-corrected chi connectivity index (χ2v) is 1.30. The molecule has 1 aliphatic heterocycles. The van der Waals surface area contributed by atoms with E-state index in [1.54, 1.807) is 6.21 Å². The van der Waals surface area contributed by atoms with Crippen molar-refractivity contribution >= 4 is 18.5 Å². The molecule has 0 N–H and O–H groups in total. The van der Waals surface area contributed by atoms with Crippen molar-refractivity contribution in [1.29, 1.82) is 0 Å². The van der Waals surface area contributed by atoms with Gasteiger partial charge in [0.1, 0.15) is 6.21 Å². The molecule has 0 radical (unpaired) electrons. The van der Waals surface area contributed by atoms with Gasteiger partial charge in [0.15, 0.2) is 6.21 Å². The Kier molecular flexibility index (Phi) is 1.04. The maximum atomic E-state index is 10.4. The first-order chi connectivity index (χ1) is 3.84. The van der Waals surface area contributed by atoms with Gasteiger partial charge < -0.3 is 0 Å². The van der Waals surface area contributed by atoms with Gasteiger partial charge in [-0.3, -0.25) is 0 Å². The zero-order chi connectivity index (χ0) is 5.98. The van der Waals surface area contributed by atoms with Crippen LogP contribution in [-0.4, -0.2) is 23.0 Å². The third-order valence-corrected chi connectivity index (χ3v) is 0.830.